The number of nitrogens with two attached hydrogens (primary N) is 1. The second kappa shape index (κ2) is 5.90. The molecule has 1 aromatic carbocycles. The zero-order valence-electron chi connectivity index (χ0n) is 11.5. The summed E-state index contributed by atoms with van der Waals surface area (Å²) in [6, 6.07) is 7.37. The summed E-state index contributed by atoms with van der Waals surface area (Å²) in [6.45, 7) is 1.09. The molecular formula is C15H24N2O2. The summed E-state index contributed by atoms with van der Waals surface area (Å²) >= 11 is 0. The molecule has 2 rings (SSSR count). The minimum atomic E-state index is -0.615. The fraction of sp³-hybridized carbons (Fsp3) is 0.600. The van der Waals surface area contributed by atoms with Crippen LogP contribution in [0.15, 0.2) is 24.3 Å². The average Bonchev–Trinajstić information content (AvgIpc) is 2.75. The fourth-order valence-electron chi connectivity index (χ4n) is 2.97. The van der Waals surface area contributed by atoms with Gasteiger partial charge >= 0.3 is 0 Å². The number of benzene rings is 1. The number of aliphatic hydroxyl groups is 2. The van der Waals surface area contributed by atoms with E-state index in [4.69, 9.17) is 5.73 Å². The molecule has 0 radical (unpaired) electrons. The van der Waals surface area contributed by atoms with E-state index in [1.165, 1.54) is 0 Å². The van der Waals surface area contributed by atoms with Gasteiger partial charge in [-0.15, -0.1) is 0 Å². The summed E-state index contributed by atoms with van der Waals surface area (Å²) in [5.41, 5.74) is 6.66. The average molecular weight is 264 g/mol. The van der Waals surface area contributed by atoms with Crippen molar-refractivity contribution in [2.24, 2.45) is 0 Å². The van der Waals surface area contributed by atoms with E-state index in [1.807, 2.05) is 30.1 Å². The van der Waals surface area contributed by atoms with E-state index >= 15 is 0 Å². The van der Waals surface area contributed by atoms with Gasteiger partial charge in [-0.25, -0.2) is 0 Å². The van der Waals surface area contributed by atoms with Crippen LogP contribution in [0.3, 0.4) is 0 Å². The van der Waals surface area contributed by atoms with E-state index in [0.717, 1.165) is 31.2 Å². The molecule has 4 N–H and O–H groups in total. The standard InChI is InChI=1S/C15H24N2O2/c1-17(11-15(19)8-4-5-9-15)10-14(18)12-6-2-3-7-13(12)16/h2-3,6-7,14,18-19H,4-5,8-11,16H2,1H3. The van der Waals surface area contributed by atoms with Gasteiger partial charge in [0.05, 0.1) is 11.7 Å². The number of nitrogen functional groups attached to an aromatic ring is 1. The maximum atomic E-state index is 10.4. The molecule has 0 aromatic heterocycles. The zero-order chi connectivity index (χ0) is 13.9. The molecule has 4 nitrogen and oxygen atoms in total. The smallest absolute Gasteiger partial charge is 0.0936 e. The third-order valence-electron chi connectivity index (χ3n) is 3.94. The van der Waals surface area contributed by atoms with E-state index in [0.29, 0.717) is 18.8 Å². The van der Waals surface area contributed by atoms with Crippen LogP contribution in [0.5, 0.6) is 0 Å². The zero-order valence-corrected chi connectivity index (χ0v) is 11.5. The summed E-state index contributed by atoms with van der Waals surface area (Å²) in [5.74, 6) is 0. The highest BCUT2D eigenvalue weighted by atomic mass is 16.3. The van der Waals surface area contributed by atoms with E-state index < -0.39 is 11.7 Å². The quantitative estimate of drug-likeness (QED) is 0.706. The number of hydrogen-bond acceptors (Lipinski definition) is 4. The normalized spacial score (nSPS) is 19.8. The van der Waals surface area contributed by atoms with Crippen molar-refractivity contribution in [2.75, 3.05) is 25.9 Å². The highest BCUT2D eigenvalue weighted by molar-refractivity contribution is 5.47. The highest BCUT2D eigenvalue weighted by Gasteiger charge is 2.32. The first-order valence-electron chi connectivity index (χ1n) is 6.94. The van der Waals surface area contributed by atoms with Gasteiger partial charge in [0, 0.05) is 24.3 Å². The Kier molecular flexibility index (Phi) is 4.45. The van der Waals surface area contributed by atoms with Gasteiger partial charge in [0.25, 0.3) is 0 Å². The van der Waals surface area contributed by atoms with E-state index in [9.17, 15) is 10.2 Å². The molecular weight excluding hydrogens is 240 g/mol. The molecule has 1 atom stereocenters. The van der Waals surface area contributed by atoms with Crippen molar-refractivity contribution in [1.29, 1.82) is 0 Å². The number of para-hydroxylation sites is 1. The summed E-state index contributed by atoms with van der Waals surface area (Å²) in [6.07, 6.45) is 3.30. The Labute approximate surface area is 114 Å². The van der Waals surface area contributed by atoms with Crippen LogP contribution in [0.4, 0.5) is 5.69 Å². The lowest BCUT2D eigenvalue weighted by molar-refractivity contribution is 0.00491. The van der Waals surface area contributed by atoms with Crippen molar-refractivity contribution in [3.63, 3.8) is 0 Å². The number of anilines is 1. The monoisotopic (exact) mass is 264 g/mol. The van der Waals surface area contributed by atoms with Gasteiger partial charge in [-0.2, -0.15) is 0 Å². The molecule has 0 heterocycles. The number of rotatable bonds is 5. The molecule has 19 heavy (non-hydrogen) atoms. The lowest BCUT2D eigenvalue weighted by atomic mass is 10.0. The minimum Gasteiger partial charge on any atom is -0.398 e. The molecule has 1 fully saturated rings. The van der Waals surface area contributed by atoms with Crippen molar-refractivity contribution in [1.82, 2.24) is 4.90 Å². The van der Waals surface area contributed by atoms with Crippen LogP contribution in [0.25, 0.3) is 0 Å². The van der Waals surface area contributed by atoms with Gasteiger partial charge < -0.3 is 20.8 Å². The molecule has 1 saturated carbocycles. The lowest BCUT2D eigenvalue weighted by Crippen LogP contribution is -2.40. The molecule has 1 aromatic rings. The second-order valence-electron chi connectivity index (χ2n) is 5.77. The Morgan fingerprint density at radius 2 is 1.95 bits per heavy atom. The van der Waals surface area contributed by atoms with Crippen molar-refractivity contribution in [2.45, 2.75) is 37.4 Å². The first kappa shape index (κ1) is 14.3. The van der Waals surface area contributed by atoms with Crippen molar-refractivity contribution in [3.8, 4) is 0 Å². The Morgan fingerprint density at radius 3 is 2.58 bits per heavy atom. The van der Waals surface area contributed by atoms with Gasteiger partial charge in [-0.1, -0.05) is 31.0 Å². The van der Waals surface area contributed by atoms with Gasteiger partial charge in [0.2, 0.25) is 0 Å². The Balaban J connectivity index is 1.91. The molecule has 1 aliphatic carbocycles. The molecule has 1 aliphatic rings. The highest BCUT2D eigenvalue weighted by Crippen LogP contribution is 2.30. The lowest BCUT2D eigenvalue weighted by Gasteiger charge is -2.30. The first-order valence-corrected chi connectivity index (χ1v) is 6.94. The third-order valence-corrected chi connectivity index (χ3v) is 3.94. The molecule has 0 aliphatic heterocycles. The minimum absolute atomic E-state index is 0.483. The molecule has 0 spiro atoms. The van der Waals surface area contributed by atoms with Crippen molar-refractivity contribution in [3.05, 3.63) is 29.8 Å². The predicted octanol–water partition coefficient (Wildman–Crippen LogP) is 1.54. The van der Waals surface area contributed by atoms with Crippen LogP contribution in [-0.2, 0) is 0 Å². The van der Waals surface area contributed by atoms with E-state index in [2.05, 4.69) is 0 Å². The van der Waals surface area contributed by atoms with Crippen LogP contribution in [0.1, 0.15) is 37.4 Å². The summed E-state index contributed by atoms with van der Waals surface area (Å²) in [5, 5.41) is 20.6. The van der Waals surface area contributed by atoms with Crippen LogP contribution in [-0.4, -0.2) is 40.9 Å². The maximum absolute atomic E-state index is 10.4. The molecule has 0 amide bonds. The van der Waals surface area contributed by atoms with Gasteiger partial charge in [0.1, 0.15) is 0 Å². The SMILES string of the molecule is CN(CC(O)c1ccccc1N)CC1(O)CCCC1. The second-order valence-corrected chi connectivity index (χ2v) is 5.77. The molecule has 0 saturated heterocycles. The summed E-state index contributed by atoms with van der Waals surface area (Å²) < 4.78 is 0. The first-order chi connectivity index (χ1) is 9.00. The Bertz CT molecular complexity index is 416. The number of nitrogens with zero attached hydrogens (tertiary/aromatic N) is 1. The largest absolute Gasteiger partial charge is 0.398 e. The van der Waals surface area contributed by atoms with E-state index in [-0.39, 0.29) is 0 Å². The maximum Gasteiger partial charge on any atom is 0.0936 e. The summed E-state index contributed by atoms with van der Waals surface area (Å²) in [4.78, 5) is 1.99. The third kappa shape index (κ3) is 3.69. The molecule has 106 valence electrons. The van der Waals surface area contributed by atoms with Crippen LogP contribution in [0, 0.1) is 0 Å². The summed E-state index contributed by atoms with van der Waals surface area (Å²) in [7, 11) is 1.93. The van der Waals surface area contributed by atoms with Crippen LogP contribution < -0.4 is 5.73 Å². The van der Waals surface area contributed by atoms with Gasteiger partial charge in [-0.3, -0.25) is 0 Å². The van der Waals surface area contributed by atoms with Crippen molar-refractivity contribution < 1.29 is 10.2 Å². The Hall–Kier alpha value is -1.10. The molecule has 4 heteroatoms. The predicted molar refractivity (Wildman–Crippen MR) is 76.7 cm³/mol. The number of hydrogen-bond donors (Lipinski definition) is 3. The van der Waals surface area contributed by atoms with Gasteiger partial charge in [0.15, 0.2) is 0 Å². The van der Waals surface area contributed by atoms with E-state index in [1.54, 1.807) is 6.07 Å². The topological polar surface area (TPSA) is 69.7 Å². The van der Waals surface area contributed by atoms with Crippen LogP contribution >= 0.6 is 0 Å². The van der Waals surface area contributed by atoms with Crippen molar-refractivity contribution >= 4 is 5.69 Å². The fourth-order valence-corrected chi connectivity index (χ4v) is 2.97. The number of aliphatic hydroxyl groups excluding tert-OH is 1. The van der Waals surface area contributed by atoms with Gasteiger partial charge in [-0.05, 0) is 26.0 Å². The Morgan fingerprint density at radius 1 is 1.32 bits per heavy atom. The molecule has 0 bridgehead atoms. The number of likely N-dealkylation sites (N-methyl/N-ethyl adjacent to an activating group) is 1. The molecule has 1 unspecified atom stereocenters. The van der Waals surface area contributed by atoms with Crippen LogP contribution in [0.2, 0.25) is 0 Å².